The van der Waals surface area contributed by atoms with Crippen LogP contribution >= 0.6 is 11.3 Å². The van der Waals surface area contributed by atoms with Crippen molar-refractivity contribution in [3.8, 4) is 0 Å². The monoisotopic (exact) mass is 349 g/mol. The van der Waals surface area contributed by atoms with Gasteiger partial charge in [0.05, 0.1) is 6.04 Å². The molecule has 0 aliphatic heterocycles. The van der Waals surface area contributed by atoms with Crippen molar-refractivity contribution in [1.82, 2.24) is 19.6 Å². The van der Waals surface area contributed by atoms with E-state index in [-0.39, 0.29) is 6.04 Å². The number of benzene rings is 1. The summed E-state index contributed by atoms with van der Waals surface area (Å²) in [6.45, 7) is 4.14. The van der Waals surface area contributed by atoms with Gasteiger partial charge in [-0.25, -0.2) is 4.98 Å². The van der Waals surface area contributed by atoms with Crippen LogP contribution in [0.25, 0.3) is 5.78 Å². The van der Waals surface area contributed by atoms with Crippen LogP contribution in [0.5, 0.6) is 0 Å². The first-order valence-electron chi connectivity index (χ1n) is 8.31. The molecule has 0 amide bonds. The van der Waals surface area contributed by atoms with E-state index in [2.05, 4.69) is 69.1 Å². The van der Waals surface area contributed by atoms with Gasteiger partial charge in [0.1, 0.15) is 12.1 Å². The Morgan fingerprint density at radius 1 is 1.20 bits per heavy atom. The van der Waals surface area contributed by atoms with Gasteiger partial charge in [0.15, 0.2) is 0 Å². The van der Waals surface area contributed by atoms with Crippen molar-refractivity contribution < 1.29 is 0 Å². The average molecular weight is 349 g/mol. The molecule has 25 heavy (non-hydrogen) atoms. The fourth-order valence-corrected chi connectivity index (χ4v) is 3.70. The van der Waals surface area contributed by atoms with Gasteiger partial charge in [0.25, 0.3) is 5.78 Å². The zero-order valence-electron chi connectivity index (χ0n) is 14.2. The summed E-state index contributed by atoms with van der Waals surface area (Å²) < 4.78 is 1.74. The molecular formula is C19H19N5S. The van der Waals surface area contributed by atoms with Crippen LogP contribution in [0.2, 0.25) is 0 Å². The highest BCUT2D eigenvalue weighted by atomic mass is 32.1. The fraction of sp³-hybridized carbons (Fsp3) is 0.211. The minimum Gasteiger partial charge on any atom is -0.358 e. The first-order valence-corrected chi connectivity index (χ1v) is 9.18. The van der Waals surface area contributed by atoms with Crippen molar-refractivity contribution in [1.29, 1.82) is 0 Å². The van der Waals surface area contributed by atoms with Gasteiger partial charge in [-0.2, -0.15) is 14.6 Å². The standard InChI is InChI=1S/C19H19N5S/c1-3-14-6-8-15(9-7-14)18(16-5-4-10-25-16)23-17-11-13(2)22-19-20-12-21-24(17)19/h4-12,18,23H,3H2,1-2H3. The second-order valence-corrected chi connectivity index (χ2v) is 6.92. The number of nitrogens with one attached hydrogen (secondary N) is 1. The Morgan fingerprint density at radius 2 is 2.04 bits per heavy atom. The highest BCUT2D eigenvalue weighted by Crippen LogP contribution is 2.30. The molecule has 4 aromatic rings. The van der Waals surface area contributed by atoms with Crippen LogP contribution in [0.1, 0.15) is 34.7 Å². The molecule has 0 spiro atoms. The molecule has 1 aromatic carbocycles. The second-order valence-electron chi connectivity index (χ2n) is 5.94. The molecule has 1 N–H and O–H groups in total. The molecule has 1 atom stereocenters. The van der Waals surface area contributed by atoms with Gasteiger partial charge >= 0.3 is 0 Å². The molecule has 0 bridgehead atoms. The Morgan fingerprint density at radius 3 is 2.76 bits per heavy atom. The summed E-state index contributed by atoms with van der Waals surface area (Å²) in [7, 11) is 0. The fourth-order valence-electron chi connectivity index (χ4n) is 2.90. The third kappa shape index (κ3) is 3.13. The Hall–Kier alpha value is -2.73. The van der Waals surface area contributed by atoms with Crippen molar-refractivity contribution in [3.05, 3.63) is 75.9 Å². The van der Waals surface area contributed by atoms with Gasteiger partial charge in [-0.05, 0) is 35.9 Å². The van der Waals surface area contributed by atoms with Crippen molar-refractivity contribution in [2.24, 2.45) is 0 Å². The van der Waals surface area contributed by atoms with Crippen LogP contribution < -0.4 is 5.32 Å². The zero-order chi connectivity index (χ0) is 17.2. The van der Waals surface area contributed by atoms with E-state index in [1.165, 1.54) is 22.3 Å². The molecule has 3 aromatic heterocycles. The lowest BCUT2D eigenvalue weighted by molar-refractivity contribution is 0.877. The molecule has 0 aliphatic carbocycles. The number of aromatic nitrogens is 4. The van der Waals surface area contributed by atoms with E-state index in [0.717, 1.165) is 17.9 Å². The predicted molar refractivity (Wildman–Crippen MR) is 101 cm³/mol. The summed E-state index contributed by atoms with van der Waals surface area (Å²) in [6, 6.07) is 15.1. The Balaban J connectivity index is 1.77. The van der Waals surface area contributed by atoms with Crippen LogP contribution in [0, 0.1) is 6.92 Å². The molecule has 5 nitrogen and oxygen atoms in total. The molecule has 1 unspecified atom stereocenters. The van der Waals surface area contributed by atoms with Gasteiger partial charge < -0.3 is 5.32 Å². The molecule has 4 rings (SSSR count). The Kier molecular flexibility index (Phi) is 4.19. The van der Waals surface area contributed by atoms with E-state index in [1.807, 2.05) is 13.0 Å². The van der Waals surface area contributed by atoms with Crippen molar-refractivity contribution in [3.63, 3.8) is 0 Å². The number of fused-ring (bicyclic) bond motifs is 1. The molecule has 0 radical (unpaired) electrons. The predicted octanol–water partition coefficient (Wildman–Crippen LogP) is 4.26. The number of hydrogen-bond acceptors (Lipinski definition) is 5. The number of nitrogens with zero attached hydrogens (tertiary/aromatic N) is 4. The van der Waals surface area contributed by atoms with Gasteiger partial charge in [-0.1, -0.05) is 37.3 Å². The smallest absolute Gasteiger partial charge is 0.254 e. The molecule has 0 saturated heterocycles. The normalized spacial score (nSPS) is 12.4. The van der Waals surface area contributed by atoms with Gasteiger partial charge in [-0.3, -0.25) is 0 Å². The maximum atomic E-state index is 4.41. The largest absolute Gasteiger partial charge is 0.358 e. The number of anilines is 1. The van der Waals surface area contributed by atoms with Crippen molar-refractivity contribution in [2.75, 3.05) is 5.32 Å². The molecule has 0 fully saturated rings. The lowest BCUT2D eigenvalue weighted by atomic mass is 10.0. The second kappa shape index (κ2) is 6.64. The van der Waals surface area contributed by atoms with E-state index >= 15 is 0 Å². The summed E-state index contributed by atoms with van der Waals surface area (Å²) in [5.41, 5.74) is 3.48. The summed E-state index contributed by atoms with van der Waals surface area (Å²) >= 11 is 1.74. The van der Waals surface area contributed by atoms with E-state index in [9.17, 15) is 0 Å². The summed E-state index contributed by atoms with van der Waals surface area (Å²) in [5.74, 6) is 1.49. The highest BCUT2D eigenvalue weighted by molar-refractivity contribution is 7.10. The lowest BCUT2D eigenvalue weighted by Gasteiger charge is -2.20. The third-order valence-electron chi connectivity index (χ3n) is 4.22. The van der Waals surface area contributed by atoms with Crippen LogP contribution in [-0.4, -0.2) is 19.6 Å². The summed E-state index contributed by atoms with van der Waals surface area (Å²) in [6.07, 6.45) is 2.57. The van der Waals surface area contributed by atoms with Gasteiger partial charge in [0, 0.05) is 16.6 Å². The number of thiophene rings is 1. The Bertz CT molecular complexity index is 973. The topological polar surface area (TPSA) is 55.1 Å². The maximum absolute atomic E-state index is 4.41. The molecule has 3 heterocycles. The van der Waals surface area contributed by atoms with E-state index in [4.69, 9.17) is 0 Å². The molecule has 0 saturated carbocycles. The lowest BCUT2D eigenvalue weighted by Crippen LogP contribution is -2.14. The SMILES string of the molecule is CCc1ccc(C(Nc2cc(C)nc3ncnn23)c2cccs2)cc1. The maximum Gasteiger partial charge on any atom is 0.254 e. The van der Waals surface area contributed by atoms with E-state index in [0.29, 0.717) is 5.78 Å². The number of hydrogen-bond donors (Lipinski definition) is 1. The summed E-state index contributed by atoms with van der Waals surface area (Å²) in [5, 5.41) is 10.0. The van der Waals surface area contributed by atoms with E-state index in [1.54, 1.807) is 15.9 Å². The van der Waals surface area contributed by atoms with Crippen molar-refractivity contribution in [2.45, 2.75) is 26.3 Å². The van der Waals surface area contributed by atoms with Gasteiger partial charge in [0.2, 0.25) is 0 Å². The van der Waals surface area contributed by atoms with E-state index < -0.39 is 0 Å². The Labute approximate surface area is 150 Å². The molecular weight excluding hydrogens is 330 g/mol. The minimum atomic E-state index is 0.0557. The number of rotatable bonds is 5. The minimum absolute atomic E-state index is 0.0557. The summed E-state index contributed by atoms with van der Waals surface area (Å²) in [4.78, 5) is 9.88. The molecule has 6 heteroatoms. The average Bonchev–Trinajstić information content (AvgIpc) is 3.31. The molecule has 126 valence electrons. The first-order chi connectivity index (χ1) is 12.2. The number of aryl methyl sites for hydroxylation is 2. The van der Waals surface area contributed by atoms with Crippen LogP contribution in [0.4, 0.5) is 5.82 Å². The van der Waals surface area contributed by atoms with Crippen molar-refractivity contribution >= 4 is 22.9 Å². The first kappa shape index (κ1) is 15.8. The molecule has 0 aliphatic rings. The quantitative estimate of drug-likeness (QED) is 0.585. The van der Waals surface area contributed by atoms with Crippen LogP contribution in [0.3, 0.4) is 0 Å². The van der Waals surface area contributed by atoms with Crippen LogP contribution in [0.15, 0.2) is 54.2 Å². The van der Waals surface area contributed by atoms with Gasteiger partial charge in [-0.15, -0.1) is 11.3 Å². The highest BCUT2D eigenvalue weighted by Gasteiger charge is 2.17. The zero-order valence-corrected chi connectivity index (χ0v) is 15.0. The third-order valence-corrected chi connectivity index (χ3v) is 5.16. The van der Waals surface area contributed by atoms with Crippen LogP contribution in [-0.2, 0) is 6.42 Å².